The van der Waals surface area contributed by atoms with E-state index in [2.05, 4.69) is 4.72 Å². The first-order valence-electron chi connectivity index (χ1n) is 8.97. The fraction of sp³-hybridized carbons (Fsp3) is 0.350. The van der Waals surface area contributed by atoms with Crippen LogP contribution in [0.1, 0.15) is 24.0 Å². The molecule has 0 saturated carbocycles. The molecule has 27 heavy (non-hydrogen) atoms. The first-order chi connectivity index (χ1) is 13.0. The molecular weight excluding hydrogens is 364 g/mol. The number of sulfonamides is 1. The molecule has 2 aromatic carbocycles. The molecule has 0 aromatic heterocycles. The van der Waals surface area contributed by atoms with Gasteiger partial charge in [-0.15, -0.1) is 0 Å². The number of ether oxygens (including phenoxy) is 1. The van der Waals surface area contributed by atoms with Crippen molar-refractivity contribution >= 4 is 15.9 Å². The van der Waals surface area contributed by atoms with E-state index >= 15 is 0 Å². The predicted octanol–water partition coefficient (Wildman–Crippen LogP) is 2.34. The Labute approximate surface area is 160 Å². The number of hydrogen-bond donors (Lipinski definition) is 1. The summed E-state index contributed by atoms with van der Waals surface area (Å²) < 4.78 is 32.6. The molecule has 3 rings (SSSR count). The van der Waals surface area contributed by atoms with Crippen molar-refractivity contribution in [3.63, 3.8) is 0 Å². The van der Waals surface area contributed by atoms with Crippen molar-refractivity contribution in [2.24, 2.45) is 0 Å². The Kier molecular flexibility index (Phi) is 6.13. The van der Waals surface area contributed by atoms with Crippen molar-refractivity contribution in [3.8, 4) is 5.75 Å². The van der Waals surface area contributed by atoms with Crippen LogP contribution in [0.4, 0.5) is 0 Å². The van der Waals surface area contributed by atoms with Crippen molar-refractivity contribution < 1.29 is 17.9 Å². The molecule has 0 spiro atoms. The maximum atomic E-state index is 12.5. The average molecular weight is 388 g/mol. The van der Waals surface area contributed by atoms with E-state index in [0.717, 1.165) is 36.3 Å². The molecule has 0 aliphatic carbocycles. The van der Waals surface area contributed by atoms with Crippen LogP contribution in [-0.4, -0.2) is 39.4 Å². The third-order valence-electron chi connectivity index (χ3n) is 4.70. The zero-order valence-electron chi connectivity index (χ0n) is 15.3. The number of amides is 1. The van der Waals surface area contributed by atoms with E-state index in [1.807, 2.05) is 29.2 Å². The lowest BCUT2D eigenvalue weighted by atomic mass is 10.1. The second-order valence-electron chi connectivity index (χ2n) is 6.55. The summed E-state index contributed by atoms with van der Waals surface area (Å²) in [5, 5.41) is 0. The summed E-state index contributed by atoms with van der Waals surface area (Å²) in [5.41, 5.74) is 1.87. The van der Waals surface area contributed by atoms with Gasteiger partial charge in [-0.2, -0.15) is 0 Å². The van der Waals surface area contributed by atoms with Crippen LogP contribution < -0.4 is 9.46 Å². The van der Waals surface area contributed by atoms with Crippen molar-refractivity contribution in [1.29, 1.82) is 0 Å². The second kappa shape index (κ2) is 8.54. The summed E-state index contributed by atoms with van der Waals surface area (Å²) in [7, 11) is -1.99. The molecule has 0 unspecified atom stereocenters. The molecule has 1 amide bonds. The van der Waals surface area contributed by atoms with Gasteiger partial charge in [-0.3, -0.25) is 4.79 Å². The molecular formula is C20H24N2O4S. The Morgan fingerprint density at radius 1 is 1.04 bits per heavy atom. The van der Waals surface area contributed by atoms with Crippen LogP contribution in [0.5, 0.6) is 5.75 Å². The normalized spacial score (nSPS) is 14.6. The quantitative estimate of drug-likeness (QED) is 0.753. The minimum atomic E-state index is -3.58. The fourth-order valence-electron chi connectivity index (χ4n) is 3.04. The first-order valence-corrected chi connectivity index (χ1v) is 10.5. The van der Waals surface area contributed by atoms with Gasteiger partial charge in [0.05, 0.1) is 12.0 Å². The van der Waals surface area contributed by atoms with Crippen LogP contribution in [0.3, 0.4) is 0 Å². The number of carbonyl (C=O) groups excluding carboxylic acids is 1. The molecule has 7 heteroatoms. The van der Waals surface area contributed by atoms with E-state index in [1.54, 1.807) is 31.4 Å². The van der Waals surface area contributed by atoms with Crippen LogP contribution in [0.15, 0.2) is 53.4 Å². The number of nitrogens with one attached hydrogen (secondary N) is 1. The summed E-state index contributed by atoms with van der Waals surface area (Å²) >= 11 is 0. The molecule has 1 aliphatic heterocycles. The minimum absolute atomic E-state index is 0.205. The van der Waals surface area contributed by atoms with Crippen LogP contribution in [-0.2, 0) is 27.8 Å². The summed E-state index contributed by atoms with van der Waals surface area (Å²) in [5.74, 6) is 0.935. The molecule has 6 nitrogen and oxygen atoms in total. The number of nitrogens with zero attached hydrogens (tertiary/aromatic N) is 1. The Balaban J connectivity index is 1.56. The molecule has 0 bridgehead atoms. The molecule has 0 radical (unpaired) electrons. The molecule has 1 heterocycles. The first kappa shape index (κ1) is 19.4. The molecule has 1 saturated heterocycles. The summed E-state index contributed by atoms with van der Waals surface area (Å²) in [6, 6.07) is 14.1. The van der Waals surface area contributed by atoms with Gasteiger partial charge in [0.25, 0.3) is 0 Å². The summed E-state index contributed by atoms with van der Waals surface area (Å²) in [6.07, 6.45) is 2.29. The maximum absolute atomic E-state index is 12.5. The molecule has 1 fully saturated rings. The molecule has 144 valence electrons. The highest BCUT2D eigenvalue weighted by Gasteiger charge is 2.19. The molecule has 1 aliphatic rings. The maximum Gasteiger partial charge on any atom is 0.240 e. The lowest BCUT2D eigenvalue weighted by Crippen LogP contribution is -2.27. The zero-order chi connectivity index (χ0) is 19.3. The van der Waals surface area contributed by atoms with Crippen molar-refractivity contribution in [1.82, 2.24) is 9.62 Å². The molecule has 1 N–H and O–H groups in total. The van der Waals surface area contributed by atoms with Gasteiger partial charge in [0.15, 0.2) is 0 Å². The topological polar surface area (TPSA) is 75.7 Å². The van der Waals surface area contributed by atoms with E-state index in [1.165, 1.54) is 0 Å². The Morgan fingerprint density at radius 3 is 2.30 bits per heavy atom. The third-order valence-corrected chi connectivity index (χ3v) is 6.12. The predicted molar refractivity (Wildman–Crippen MR) is 103 cm³/mol. The van der Waals surface area contributed by atoms with Crippen molar-refractivity contribution in [2.75, 3.05) is 20.2 Å². The van der Waals surface area contributed by atoms with E-state index in [-0.39, 0.29) is 17.3 Å². The Hall–Kier alpha value is -2.38. The summed E-state index contributed by atoms with van der Waals surface area (Å²) in [6.45, 7) is 1.71. The average Bonchev–Trinajstić information content (AvgIpc) is 3.10. The van der Waals surface area contributed by atoms with Gasteiger partial charge in [0, 0.05) is 26.1 Å². The minimum Gasteiger partial charge on any atom is -0.497 e. The standard InChI is InChI=1S/C20H24N2O4S/c1-26-18-8-4-17(5-9-18)15-21-27(24,25)19-10-6-16(7-11-19)12-14-22-13-2-3-20(22)23/h4-11,21H,2-3,12-15H2,1H3. The van der Waals surface area contributed by atoms with Gasteiger partial charge < -0.3 is 9.64 Å². The van der Waals surface area contributed by atoms with Gasteiger partial charge in [-0.05, 0) is 48.2 Å². The smallest absolute Gasteiger partial charge is 0.240 e. The summed E-state index contributed by atoms with van der Waals surface area (Å²) in [4.78, 5) is 13.7. The van der Waals surface area contributed by atoms with E-state index in [4.69, 9.17) is 4.74 Å². The highest BCUT2D eigenvalue weighted by atomic mass is 32.2. The number of methoxy groups -OCH3 is 1. The van der Waals surface area contributed by atoms with Crippen LogP contribution in [0, 0.1) is 0 Å². The van der Waals surface area contributed by atoms with Gasteiger partial charge in [-0.1, -0.05) is 24.3 Å². The Bertz CT molecular complexity index is 877. The van der Waals surface area contributed by atoms with Gasteiger partial charge in [-0.25, -0.2) is 13.1 Å². The fourth-order valence-corrected chi connectivity index (χ4v) is 4.06. The van der Waals surface area contributed by atoms with Crippen LogP contribution in [0.25, 0.3) is 0 Å². The lowest BCUT2D eigenvalue weighted by molar-refractivity contribution is -0.127. The zero-order valence-corrected chi connectivity index (χ0v) is 16.2. The SMILES string of the molecule is COc1ccc(CNS(=O)(=O)c2ccc(CCN3CCCC3=O)cc2)cc1. The van der Waals surface area contributed by atoms with Crippen molar-refractivity contribution in [3.05, 3.63) is 59.7 Å². The number of benzene rings is 2. The lowest BCUT2D eigenvalue weighted by Gasteiger charge is -2.15. The van der Waals surface area contributed by atoms with E-state index < -0.39 is 10.0 Å². The van der Waals surface area contributed by atoms with E-state index in [0.29, 0.717) is 13.0 Å². The number of carbonyl (C=O) groups is 1. The highest BCUT2D eigenvalue weighted by Crippen LogP contribution is 2.15. The largest absolute Gasteiger partial charge is 0.497 e. The Morgan fingerprint density at radius 2 is 1.70 bits per heavy atom. The van der Waals surface area contributed by atoms with Gasteiger partial charge in [0.2, 0.25) is 15.9 Å². The van der Waals surface area contributed by atoms with Gasteiger partial charge in [0.1, 0.15) is 5.75 Å². The number of rotatable bonds is 8. The number of hydrogen-bond acceptors (Lipinski definition) is 4. The molecule has 2 aromatic rings. The van der Waals surface area contributed by atoms with E-state index in [9.17, 15) is 13.2 Å². The third kappa shape index (κ3) is 5.08. The van der Waals surface area contributed by atoms with Crippen LogP contribution in [0.2, 0.25) is 0 Å². The molecule has 0 atom stereocenters. The second-order valence-corrected chi connectivity index (χ2v) is 8.32. The number of likely N-dealkylation sites (tertiary alicyclic amines) is 1. The highest BCUT2D eigenvalue weighted by molar-refractivity contribution is 7.89. The van der Waals surface area contributed by atoms with Crippen LogP contribution >= 0.6 is 0 Å². The van der Waals surface area contributed by atoms with Crippen molar-refractivity contribution in [2.45, 2.75) is 30.7 Å². The monoisotopic (exact) mass is 388 g/mol. The van der Waals surface area contributed by atoms with Gasteiger partial charge >= 0.3 is 0 Å².